The zero-order chi connectivity index (χ0) is 13.3. The molecule has 19 heavy (non-hydrogen) atoms. The normalized spacial score (nSPS) is 39.2. The molecule has 2 nitrogen and oxygen atoms in total. The van der Waals surface area contributed by atoms with Gasteiger partial charge >= 0.3 is 0 Å². The maximum atomic E-state index is 6.25. The molecule has 1 aliphatic carbocycles. The van der Waals surface area contributed by atoms with Gasteiger partial charge in [-0.1, -0.05) is 13.8 Å². The summed E-state index contributed by atoms with van der Waals surface area (Å²) in [5.41, 5.74) is 0.250. The monoisotopic (exact) mass is 283 g/mol. The summed E-state index contributed by atoms with van der Waals surface area (Å²) in [5, 5.41) is 3.81. The van der Waals surface area contributed by atoms with Gasteiger partial charge in [0.1, 0.15) is 0 Å². The SMILES string of the molecule is CCNC(C1CCOC2(CCSCC2)C1)C1CC1C. The molecule has 110 valence electrons. The highest BCUT2D eigenvalue weighted by atomic mass is 32.2. The second-order valence-corrected chi connectivity index (χ2v) is 8.08. The lowest BCUT2D eigenvalue weighted by Crippen LogP contribution is -2.49. The molecule has 3 aliphatic rings. The first-order valence-electron chi connectivity index (χ1n) is 8.19. The van der Waals surface area contributed by atoms with Gasteiger partial charge in [0, 0.05) is 12.6 Å². The van der Waals surface area contributed by atoms with Gasteiger partial charge in [-0.15, -0.1) is 0 Å². The highest BCUT2D eigenvalue weighted by Gasteiger charge is 2.47. The molecular weight excluding hydrogens is 254 g/mol. The van der Waals surface area contributed by atoms with Gasteiger partial charge in [0.2, 0.25) is 0 Å². The minimum atomic E-state index is 0.250. The van der Waals surface area contributed by atoms with Crippen LogP contribution < -0.4 is 5.32 Å². The molecule has 0 radical (unpaired) electrons. The summed E-state index contributed by atoms with van der Waals surface area (Å²) in [5.74, 6) is 5.35. The van der Waals surface area contributed by atoms with E-state index in [0.29, 0.717) is 0 Å². The van der Waals surface area contributed by atoms with E-state index in [9.17, 15) is 0 Å². The lowest BCUT2D eigenvalue weighted by atomic mass is 9.77. The third kappa shape index (κ3) is 3.14. The summed E-state index contributed by atoms with van der Waals surface area (Å²) in [4.78, 5) is 0. The summed E-state index contributed by atoms with van der Waals surface area (Å²) < 4.78 is 6.25. The Labute approximate surface area is 122 Å². The van der Waals surface area contributed by atoms with E-state index in [2.05, 4.69) is 30.9 Å². The molecule has 0 bridgehead atoms. The standard InChI is InChI=1S/C16H29NOS/c1-3-17-15(14-10-12(14)2)13-4-7-18-16(11-13)5-8-19-9-6-16/h12-15,17H,3-11H2,1-2H3. The predicted octanol–water partition coefficient (Wildman–Crippen LogP) is 3.31. The fourth-order valence-corrected chi connectivity index (χ4v) is 5.46. The molecule has 3 fully saturated rings. The van der Waals surface area contributed by atoms with E-state index >= 15 is 0 Å². The molecule has 0 aromatic heterocycles. The molecule has 1 saturated carbocycles. The Morgan fingerprint density at radius 1 is 1.37 bits per heavy atom. The van der Waals surface area contributed by atoms with E-state index < -0.39 is 0 Å². The topological polar surface area (TPSA) is 21.3 Å². The van der Waals surface area contributed by atoms with E-state index in [-0.39, 0.29) is 5.60 Å². The van der Waals surface area contributed by atoms with Gasteiger partial charge in [-0.05, 0) is 67.9 Å². The molecule has 1 spiro atoms. The minimum absolute atomic E-state index is 0.250. The molecule has 0 amide bonds. The van der Waals surface area contributed by atoms with Gasteiger partial charge in [0.25, 0.3) is 0 Å². The smallest absolute Gasteiger partial charge is 0.0701 e. The quantitative estimate of drug-likeness (QED) is 0.855. The zero-order valence-corrected chi connectivity index (χ0v) is 13.3. The van der Waals surface area contributed by atoms with E-state index in [0.717, 1.165) is 36.9 Å². The Kier molecular flexibility index (Phi) is 4.45. The lowest BCUT2D eigenvalue weighted by molar-refractivity contribution is -0.108. The summed E-state index contributed by atoms with van der Waals surface area (Å²) in [6, 6.07) is 0.760. The molecular formula is C16H29NOS. The van der Waals surface area contributed by atoms with Gasteiger partial charge in [-0.2, -0.15) is 11.8 Å². The van der Waals surface area contributed by atoms with Crippen molar-refractivity contribution in [3.63, 3.8) is 0 Å². The van der Waals surface area contributed by atoms with Gasteiger partial charge in [0.15, 0.2) is 0 Å². The first-order valence-corrected chi connectivity index (χ1v) is 9.35. The number of ether oxygens (including phenoxy) is 1. The number of thioether (sulfide) groups is 1. The zero-order valence-electron chi connectivity index (χ0n) is 12.5. The number of hydrogen-bond donors (Lipinski definition) is 1. The van der Waals surface area contributed by atoms with Crippen molar-refractivity contribution >= 4 is 11.8 Å². The molecule has 0 aromatic rings. The molecule has 0 aromatic carbocycles. The van der Waals surface area contributed by atoms with E-state index in [1.54, 1.807) is 0 Å². The van der Waals surface area contributed by atoms with E-state index in [1.165, 1.54) is 43.6 Å². The van der Waals surface area contributed by atoms with Crippen LogP contribution in [0.2, 0.25) is 0 Å². The lowest BCUT2D eigenvalue weighted by Gasteiger charge is -2.45. The van der Waals surface area contributed by atoms with Gasteiger partial charge in [0.05, 0.1) is 5.60 Å². The first-order chi connectivity index (χ1) is 9.24. The van der Waals surface area contributed by atoms with Crippen LogP contribution in [0.5, 0.6) is 0 Å². The van der Waals surface area contributed by atoms with Crippen molar-refractivity contribution in [2.24, 2.45) is 17.8 Å². The molecule has 4 atom stereocenters. The summed E-state index contributed by atoms with van der Waals surface area (Å²) in [7, 11) is 0. The Morgan fingerprint density at radius 3 is 2.74 bits per heavy atom. The second-order valence-electron chi connectivity index (χ2n) is 6.86. The Hall–Kier alpha value is 0.270. The average Bonchev–Trinajstić information content (AvgIpc) is 3.14. The van der Waals surface area contributed by atoms with Crippen molar-refractivity contribution in [1.29, 1.82) is 0 Å². The highest BCUT2D eigenvalue weighted by molar-refractivity contribution is 7.99. The van der Waals surface area contributed by atoms with Crippen molar-refractivity contribution in [3.05, 3.63) is 0 Å². The van der Waals surface area contributed by atoms with Crippen LogP contribution in [0.15, 0.2) is 0 Å². The Balaban J connectivity index is 1.65. The highest BCUT2D eigenvalue weighted by Crippen LogP contribution is 2.48. The third-order valence-corrected chi connectivity index (χ3v) is 6.50. The molecule has 3 heteroatoms. The van der Waals surface area contributed by atoms with Crippen LogP contribution in [0, 0.1) is 17.8 Å². The molecule has 2 heterocycles. The van der Waals surface area contributed by atoms with Crippen LogP contribution in [0.4, 0.5) is 0 Å². The predicted molar refractivity (Wildman–Crippen MR) is 82.7 cm³/mol. The fourth-order valence-electron chi connectivity index (χ4n) is 4.22. The second kappa shape index (κ2) is 5.95. The van der Waals surface area contributed by atoms with Crippen LogP contribution in [0.25, 0.3) is 0 Å². The van der Waals surface area contributed by atoms with Crippen molar-refractivity contribution in [1.82, 2.24) is 5.32 Å². The van der Waals surface area contributed by atoms with E-state index in [1.807, 2.05) is 0 Å². The summed E-state index contributed by atoms with van der Waals surface area (Å²) in [6.07, 6.45) is 6.60. The van der Waals surface area contributed by atoms with Gasteiger partial charge < -0.3 is 10.1 Å². The van der Waals surface area contributed by atoms with Crippen LogP contribution in [-0.4, -0.2) is 36.3 Å². The van der Waals surface area contributed by atoms with Crippen molar-refractivity contribution in [2.75, 3.05) is 24.7 Å². The fraction of sp³-hybridized carbons (Fsp3) is 1.00. The number of nitrogens with one attached hydrogen (secondary N) is 1. The van der Waals surface area contributed by atoms with E-state index in [4.69, 9.17) is 4.74 Å². The third-order valence-electron chi connectivity index (χ3n) is 5.52. The van der Waals surface area contributed by atoms with Crippen LogP contribution >= 0.6 is 11.8 Å². The number of rotatable bonds is 4. The van der Waals surface area contributed by atoms with Gasteiger partial charge in [-0.3, -0.25) is 0 Å². The maximum absolute atomic E-state index is 6.25. The van der Waals surface area contributed by atoms with Crippen molar-refractivity contribution < 1.29 is 4.74 Å². The molecule has 1 N–H and O–H groups in total. The molecule has 3 rings (SSSR count). The van der Waals surface area contributed by atoms with Crippen LogP contribution in [0.3, 0.4) is 0 Å². The molecule has 2 saturated heterocycles. The number of hydrogen-bond acceptors (Lipinski definition) is 3. The Bertz CT molecular complexity index is 298. The Morgan fingerprint density at radius 2 is 2.11 bits per heavy atom. The average molecular weight is 283 g/mol. The maximum Gasteiger partial charge on any atom is 0.0701 e. The minimum Gasteiger partial charge on any atom is -0.375 e. The largest absolute Gasteiger partial charge is 0.375 e. The molecule has 2 aliphatic heterocycles. The van der Waals surface area contributed by atoms with Crippen LogP contribution in [-0.2, 0) is 4.74 Å². The summed E-state index contributed by atoms with van der Waals surface area (Å²) >= 11 is 2.11. The van der Waals surface area contributed by atoms with Crippen molar-refractivity contribution in [2.45, 2.75) is 57.6 Å². The van der Waals surface area contributed by atoms with Crippen molar-refractivity contribution in [3.8, 4) is 0 Å². The molecule has 4 unspecified atom stereocenters. The summed E-state index contributed by atoms with van der Waals surface area (Å²) in [6.45, 7) is 6.79. The first kappa shape index (κ1) is 14.2. The van der Waals surface area contributed by atoms with Crippen LogP contribution in [0.1, 0.15) is 46.0 Å². The van der Waals surface area contributed by atoms with Gasteiger partial charge in [-0.25, -0.2) is 0 Å².